The van der Waals surface area contributed by atoms with Crippen LogP contribution in [0.15, 0.2) is 46.0 Å². The van der Waals surface area contributed by atoms with E-state index in [1.165, 1.54) is 17.8 Å². The molecule has 0 saturated heterocycles. The first-order chi connectivity index (χ1) is 16.2. The molecule has 2 amide bonds. The monoisotopic (exact) mass is 583 g/mol. The molecule has 0 unspecified atom stereocenters. The zero-order chi connectivity index (χ0) is 24.8. The van der Waals surface area contributed by atoms with Crippen LogP contribution in [0.5, 0.6) is 0 Å². The van der Waals surface area contributed by atoms with E-state index < -0.39 is 0 Å². The van der Waals surface area contributed by atoms with Crippen LogP contribution in [0.4, 0.5) is 5.69 Å². The first-order valence-corrected chi connectivity index (χ1v) is 13.1. The number of hydrogen-bond donors (Lipinski definition) is 2. The number of benzene rings is 2. The lowest BCUT2D eigenvalue weighted by molar-refractivity contribution is -0.113. The summed E-state index contributed by atoms with van der Waals surface area (Å²) in [6, 6.07) is 10.5. The van der Waals surface area contributed by atoms with Crippen LogP contribution in [0.2, 0.25) is 10.0 Å². The Balaban J connectivity index is 1.60. The molecule has 34 heavy (non-hydrogen) atoms. The second-order valence-corrected chi connectivity index (χ2v) is 10.4. The fraction of sp³-hybridized carbons (Fsp3) is 0.304. The van der Waals surface area contributed by atoms with Crippen molar-refractivity contribution in [2.24, 2.45) is 0 Å². The van der Waals surface area contributed by atoms with E-state index in [-0.39, 0.29) is 30.0 Å². The first kappa shape index (κ1) is 26.5. The Hall–Kier alpha value is -2.07. The largest absolute Gasteiger partial charge is 0.345 e. The molecule has 1 heterocycles. The number of aromatic nitrogens is 3. The van der Waals surface area contributed by atoms with Gasteiger partial charge in [-0.25, -0.2) is 0 Å². The van der Waals surface area contributed by atoms with E-state index in [0.29, 0.717) is 33.1 Å². The van der Waals surface area contributed by atoms with Crippen LogP contribution >= 0.6 is 50.9 Å². The smallest absolute Gasteiger partial charge is 0.251 e. The summed E-state index contributed by atoms with van der Waals surface area (Å²) in [6.07, 6.45) is 0. The zero-order valence-electron chi connectivity index (χ0n) is 18.9. The Kier molecular flexibility index (Phi) is 9.41. The number of amides is 2. The molecule has 0 radical (unpaired) electrons. The average Bonchev–Trinajstić information content (AvgIpc) is 3.20. The first-order valence-electron chi connectivity index (χ1n) is 10.6. The number of anilines is 1. The number of carbonyl (C=O) groups excluding carboxylic acids is 2. The minimum absolute atomic E-state index is 0.130. The summed E-state index contributed by atoms with van der Waals surface area (Å²) in [5, 5.41) is 15.5. The number of rotatable bonds is 9. The molecule has 0 fully saturated rings. The fourth-order valence-corrected chi connectivity index (χ4v) is 4.71. The van der Waals surface area contributed by atoms with Gasteiger partial charge < -0.3 is 15.2 Å². The summed E-state index contributed by atoms with van der Waals surface area (Å²) in [6.45, 7) is 6.90. The molecule has 0 saturated carbocycles. The number of halogens is 3. The van der Waals surface area contributed by atoms with Crippen molar-refractivity contribution in [2.45, 2.75) is 44.9 Å². The number of nitrogens with one attached hydrogen (secondary N) is 2. The Morgan fingerprint density at radius 1 is 1.12 bits per heavy atom. The molecule has 2 aromatic carbocycles. The number of nitrogens with zero attached hydrogens (tertiary/aromatic N) is 3. The number of carbonyl (C=O) groups is 2. The lowest BCUT2D eigenvalue weighted by Gasteiger charge is -2.14. The minimum atomic E-state index is -0.298. The van der Waals surface area contributed by atoms with Gasteiger partial charge in [0.1, 0.15) is 0 Å². The van der Waals surface area contributed by atoms with E-state index in [0.717, 1.165) is 15.7 Å². The van der Waals surface area contributed by atoms with E-state index in [4.69, 9.17) is 23.2 Å². The molecule has 0 atom stereocenters. The summed E-state index contributed by atoms with van der Waals surface area (Å²) in [4.78, 5) is 25.0. The normalized spacial score (nSPS) is 11.0. The predicted molar refractivity (Wildman–Crippen MR) is 141 cm³/mol. The molecule has 0 bridgehead atoms. The molecular formula is C23H24BrCl2N5O2S. The maximum absolute atomic E-state index is 12.6. The van der Waals surface area contributed by atoms with Crippen molar-refractivity contribution in [3.05, 3.63) is 67.9 Å². The van der Waals surface area contributed by atoms with E-state index in [1.807, 2.05) is 29.7 Å². The van der Waals surface area contributed by atoms with Crippen molar-refractivity contribution >= 4 is 68.4 Å². The van der Waals surface area contributed by atoms with Gasteiger partial charge >= 0.3 is 0 Å². The van der Waals surface area contributed by atoms with Gasteiger partial charge in [-0.15, -0.1) is 10.2 Å². The molecule has 0 spiro atoms. The summed E-state index contributed by atoms with van der Waals surface area (Å²) in [5.41, 5.74) is 2.26. The zero-order valence-corrected chi connectivity index (χ0v) is 22.8. The van der Waals surface area contributed by atoms with Gasteiger partial charge in [-0.2, -0.15) is 0 Å². The van der Waals surface area contributed by atoms with Gasteiger partial charge in [-0.3, -0.25) is 9.59 Å². The summed E-state index contributed by atoms with van der Waals surface area (Å²) < 4.78 is 2.84. The summed E-state index contributed by atoms with van der Waals surface area (Å²) in [7, 11) is 0. The van der Waals surface area contributed by atoms with E-state index in [9.17, 15) is 9.59 Å². The Morgan fingerprint density at radius 2 is 1.88 bits per heavy atom. The maximum atomic E-state index is 12.6. The van der Waals surface area contributed by atoms with Gasteiger partial charge in [0, 0.05) is 22.3 Å². The van der Waals surface area contributed by atoms with Crippen LogP contribution in [-0.2, 0) is 17.9 Å². The predicted octanol–water partition coefficient (Wildman–Crippen LogP) is 6.15. The van der Waals surface area contributed by atoms with Crippen LogP contribution in [0.1, 0.15) is 48.4 Å². The van der Waals surface area contributed by atoms with Gasteiger partial charge in [0.2, 0.25) is 5.91 Å². The van der Waals surface area contributed by atoms with Crippen molar-refractivity contribution < 1.29 is 9.59 Å². The molecule has 0 aliphatic rings. The van der Waals surface area contributed by atoms with Gasteiger partial charge in [0.25, 0.3) is 5.91 Å². The van der Waals surface area contributed by atoms with Gasteiger partial charge in [0.15, 0.2) is 11.0 Å². The third-order valence-corrected chi connectivity index (χ3v) is 7.14. The molecule has 11 heteroatoms. The lowest BCUT2D eigenvalue weighted by Crippen LogP contribution is -2.24. The number of thioether (sulfide) groups is 1. The Morgan fingerprint density at radius 3 is 2.56 bits per heavy atom. The van der Waals surface area contributed by atoms with Crippen LogP contribution in [-0.4, -0.2) is 32.3 Å². The van der Waals surface area contributed by atoms with E-state index >= 15 is 0 Å². The van der Waals surface area contributed by atoms with Crippen LogP contribution in [0.3, 0.4) is 0 Å². The van der Waals surface area contributed by atoms with Crippen molar-refractivity contribution in [1.29, 1.82) is 0 Å². The van der Waals surface area contributed by atoms with Crippen LogP contribution < -0.4 is 10.6 Å². The van der Waals surface area contributed by atoms with Gasteiger partial charge in [0.05, 0.1) is 22.3 Å². The van der Waals surface area contributed by atoms with E-state index in [2.05, 4.69) is 50.6 Å². The standard InChI is InChI=1S/C23H24BrCl2N5O2S/c1-4-31-20(11-27-22(33)14-5-7-17(25)18(26)9-14)29-30-23(31)34-12-21(32)28-19-8-6-15(24)10-16(19)13(2)3/h5-10,13H,4,11-12H2,1-3H3,(H,27,33)(H,28,32). The topological polar surface area (TPSA) is 88.9 Å². The molecule has 3 aromatic rings. The summed E-state index contributed by atoms with van der Waals surface area (Å²) in [5.74, 6) is 0.614. The van der Waals surface area contributed by atoms with Crippen LogP contribution in [0, 0.1) is 0 Å². The van der Waals surface area contributed by atoms with Crippen molar-refractivity contribution in [1.82, 2.24) is 20.1 Å². The van der Waals surface area contributed by atoms with Crippen LogP contribution in [0.25, 0.3) is 0 Å². The fourth-order valence-electron chi connectivity index (χ4n) is 3.21. The van der Waals surface area contributed by atoms with Gasteiger partial charge in [-0.1, -0.05) is 64.7 Å². The van der Waals surface area contributed by atoms with Crippen molar-refractivity contribution in [2.75, 3.05) is 11.1 Å². The second-order valence-electron chi connectivity index (χ2n) is 7.68. The van der Waals surface area contributed by atoms with Gasteiger partial charge in [-0.05, 0) is 54.8 Å². The molecule has 0 aliphatic carbocycles. The highest BCUT2D eigenvalue weighted by Gasteiger charge is 2.16. The molecule has 0 aliphatic heterocycles. The molecular weight excluding hydrogens is 561 g/mol. The third-order valence-electron chi connectivity index (χ3n) is 4.94. The highest BCUT2D eigenvalue weighted by Crippen LogP contribution is 2.28. The Bertz CT molecular complexity index is 1200. The Labute approximate surface area is 221 Å². The SMILES string of the molecule is CCn1c(CNC(=O)c2ccc(Cl)c(Cl)c2)nnc1SCC(=O)Nc1ccc(Br)cc1C(C)C. The quantitative estimate of drug-likeness (QED) is 0.294. The maximum Gasteiger partial charge on any atom is 0.251 e. The molecule has 3 rings (SSSR count). The average molecular weight is 585 g/mol. The highest BCUT2D eigenvalue weighted by molar-refractivity contribution is 9.10. The second kappa shape index (κ2) is 12.1. The molecule has 1 aromatic heterocycles. The molecule has 2 N–H and O–H groups in total. The highest BCUT2D eigenvalue weighted by atomic mass is 79.9. The third kappa shape index (κ3) is 6.75. The number of hydrogen-bond acceptors (Lipinski definition) is 5. The van der Waals surface area contributed by atoms with E-state index in [1.54, 1.807) is 12.1 Å². The minimum Gasteiger partial charge on any atom is -0.345 e. The molecule has 7 nitrogen and oxygen atoms in total. The lowest BCUT2D eigenvalue weighted by atomic mass is 10.0. The summed E-state index contributed by atoms with van der Waals surface area (Å²) >= 11 is 16.7. The van der Waals surface area contributed by atoms with Crippen molar-refractivity contribution in [3.8, 4) is 0 Å². The molecule has 180 valence electrons. The van der Waals surface area contributed by atoms with Crippen molar-refractivity contribution in [3.63, 3.8) is 0 Å².